The highest BCUT2D eigenvalue weighted by molar-refractivity contribution is 9.10. The zero-order valence-corrected chi connectivity index (χ0v) is 11.8. The van der Waals surface area contributed by atoms with Crippen LogP contribution >= 0.6 is 27.5 Å². The number of nitrogens with two attached hydrogens (primary N) is 1. The van der Waals surface area contributed by atoms with Crippen molar-refractivity contribution in [3.63, 3.8) is 0 Å². The Balaban J connectivity index is 3.04. The SMILES string of the molecule is CCC(C)(CN)C(O)c1ccc(Br)c(Cl)c1. The minimum Gasteiger partial charge on any atom is -0.388 e. The quantitative estimate of drug-likeness (QED) is 0.894. The lowest BCUT2D eigenvalue weighted by Gasteiger charge is -2.32. The van der Waals surface area contributed by atoms with E-state index in [1.165, 1.54) is 0 Å². The monoisotopic (exact) mass is 305 g/mol. The van der Waals surface area contributed by atoms with Gasteiger partial charge in [0.05, 0.1) is 11.1 Å². The molecule has 4 heteroatoms. The molecule has 0 fully saturated rings. The maximum Gasteiger partial charge on any atom is 0.0856 e. The van der Waals surface area contributed by atoms with Gasteiger partial charge in [0.15, 0.2) is 0 Å². The van der Waals surface area contributed by atoms with Gasteiger partial charge in [-0.25, -0.2) is 0 Å². The summed E-state index contributed by atoms with van der Waals surface area (Å²) in [4.78, 5) is 0. The Morgan fingerprint density at radius 3 is 2.62 bits per heavy atom. The standard InChI is InChI=1S/C12H17BrClNO/c1-3-12(2,7-15)11(16)8-4-5-9(13)10(14)6-8/h4-6,11,16H,3,7,15H2,1-2H3. The topological polar surface area (TPSA) is 46.2 Å². The lowest BCUT2D eigenvalue weighted by Crippen LogP contribution is -2.33. The Bertz CT molecular complexity index is 366. The predicted octanol–water partition coefficient (Wildman–Crippen LogP) is 3.51. The number of halogens is 2. The summed E-state index contributed by atoms with van der Waals surface area (Å²) in [5, 5.41) is 10.9. The second kappa shape index (κ2) is 5.50. The van der Waals surface area contributed by atoms with Crippen LogP contribution in [-0.4, -0.2) is 11.7 Å². The Kier molecular flexibility index (Phi) is 4.80. The first kappa shape index (κ1) is 14.0. The van der Waals surface area contributed by atoms with Gasteiger partial charge in [-0.15, -0.1) is 0 Å². The van der Waals surface area contributed by atoms with Crippen molar-refractivity contribution in [1.82, 2.24) is 0 Å². The fraction of sp³-hybridized carbons (Fsp3) is 0.500. The molecule has 1 aromatic carbocycles. The predicted molar refractivity (Wildman–Crippen MR) is 71.6 cm³/mol. The van der Waals surface area contributed by atoms with Crippen molar-refractivity contribution in [3.05, 3.63) is 33.3 Å². The molecule has 0 radical (unpaired) electrons. The summed E-state index contributed by atoms with van der Waals surface area (Å²) in [6, 6.07) is 5.48. The van der Waals surface area contributed by atoms with E-state index in [-0.39, 0.29) is 5.41 Å². The van der Waals surface area contributed by atoms with E-state index in [1.807, 2.05) is 26.0 Å². The summed E-state index contributed by atoms with van der Waals surface area (Å²) in [6.07, 6.45) is 0.228. The average Bonchev–Trinajstić information content (AvgIpc) is 2.30. The maximum absolute atomic E-state index is 10.3. The first-order chi connectivity index (χ1) is 7.44. The Morgan fingerprint density at radius 2 is 2.19 bits per heavy atom. The molecule has 0 saturated carbocycles. The fourth-order valence-corrected chi connectivity index (χ4v) is 1.97. The molecule has 16 heavy (non-hydrogen) atoms. The molecule has 0 heterocycles. The van der Waals surface area contributed by atoms with E-state index in [9.17, 15) is 5.11 Å². The van der Waals surface area contributed by atoms with Crippen LogP contribution in [0.15, 0.2) is 22.7 Å². The number of hydrogen-bond acceptors (Lipinski definition) is 2. The smallest absolute Gasteiger partial charge is 0.0856 e. The number of benzene rings is 1. The third-order valence-electron chi connectivity index (χ3n) is 3.19. The lowest BCUT2D eigenvalue weighted by molar-refractivity contribution is 0.0391. The summed E-state index contributed by atoms with van der Waals surface area (Å²) in [5.74, 6) is 0. The summed E-state index contributed by atoms with van der Waals surface area (Å²) < 4.78 is 0.830. The summed E-state index contributed by atoms with van der Waals surface area (Å²) >= 11 is 9.33. The highest BCUT2D eigenvalue weighted by atomic mass is 79.9. The van der Waals surface area contributed by atoms with E-state index in [0.717, 1.165) is 16.5 Å². The molecule has 0 aromatic heterocycles. The largest absolute Gasteiger partial charge is 0.388 e. The van der Waals surface area contributed by atoms with Gasteiger partial charge < -0.3 is 10.8 Å². The van der Waals surface area contributed by atoms with Crippen molar-refractivity contribution < 1.29 is 5.11 Å². The molecule has 0 aliphatic heterocycles. The summed E-state index contributed by atoms with van der Waals surface area (Å²) in [7, 11) is 0. The molecule has 0 aliphatic rings. The molecule has 1 rings (SSSR count). The minimum atomic E-state index is -0.590. The molecular formula is C12H17BrClNO. The van der Waals surface area contributed by atoms with E-state index in [0.29, 0.717) is 11.6 Å². The van der Waals surface area contributed by atoms with E-state index in [1.54, 1.807) is 6.07 Å². The van der Waals surface area contributed by atoms with Gasteiger partial charge in [0.25, 0.3) is 0 Å². The van der Waals surface area contributed by atoms with Gasteiger partial charge in [0.2, 0.25) is 0 Å². The van der Waals surface area contributed by atoms with Gasteiger partial charge in [-0.05, 0) is 40.0 Å². The third kappa shape index (κ3) is 2.77. The highest BCUT2D eigenvalue weighted by Crippen LogP contribution is 2.37. The average molecular weight is 307 g/mol. The number of hydrogen-bond donors (Lipinski definition) is 2. The molecular weight excluding hydrogens is 289 g/mol. The first-order valence-corrected chi connectivity index (χ1v) is 6.44. The van der Waals surface area contributed by atoms with Crippen molar-refractivity contribution in [1.29, 1.82) is 0 Å². The molecule has 2 unspecified atom stereocenters. The minimum absolute atomic E-state index is 0.308. The molecule has 0 saturated heterocycles. The van der Waals surface area contributed by atoms with E-state index in [4.69, 9.17) is 17.3 Å². The van der Waals surface area contributed by atoms with Crippen LogP contribution in [-0.2, 0) is 0 Å². The van der Waals surface area contributed by atoms with Crippen LogP contribution in [0.4, 0.5) is 0 Å². The first-order valence-electron chi connectivity index (χ1n) is 5.27. The Morgan fingerprint density at radius 1 is 1.56 bits per heavy atom. The van der Waals surface area contributed by atoms with Crippen LogP contribution in [0.5, 0.6) is 0 Å². The molecule has 90 valence electrons. The van der Waals surface area contributed by atoms with Crippen molar-refractivity contribution in [2.45, 2.75) is 26.4 Å². The summed E-state index contributed by atoms with van der Waals surface area (Å²) in [5.41, 5.74) is 6.22. The maximum atomic E-state index is 10.3. The Labute approximate surface area is 110 Å². The fourth-order valence-electron chi connectivity index (χ4n) is 1.53. The number of aliphatic hydroxyl groups is 1. The van der Waals surface area contributed by atoms with Crippen molar-refractivity contribution >= 4 is 27.5 Å². The second-order valence-electron chi connectivity index (χ2n) is 4.29. The molecule has 2 atom stereocenters. The molecule has 0 amide bonds. The van der Waals surface area contributed by atoms with Crippen molar-refractivity contribution in [3.8, 4) is 0 Å². The van der Waals surface area contributed by atoms with Crippen LogP contribution in [0.1, 0.15) is 31.9 Å². The zero-order valence-electron chi connectivity index (χ0n) is 9.50. The third-order valence-corrected chi connectivity index (χ3v) is 4.43. The van der Waals surface area contributed by atoms with E-state index in [2.05, 4.69) is 15.9 Å². The van der Waals surface area contributed by atoms with Crippen LogP contribution in [0.25, 0.3) is 0 Å². The normalized spacial score (nSPS) is 16.9. The van der Waals surface area contributed by atoms with Crippen LogP contribution in [0, 0.1) is 5.41 Å². The molecule has 0 spiro atoms. The second-order valence-corrected chi connectivity index (χ2v) is 5.55. The van der Waals surface area contributed by atoms with Gasteiger partial charge in [0.1, 0.15) is 0 Å². The molecule has 0 bridgehead atoms. The molecule has 2 nitrogen and oxygen atoms in total. The van der Waals surface area contributed by atoms with Crippen molar-refractivity contribution in [2.75, 3.05) is 6.54 Å². The van der Waals surface area contributed by atoms with Crippen LogP contribution in [0.2, 0.25) is 5.02 Å². The van der Waals surface area contributed by atoms with E-state index < -0.39 is 6.10 Å². The highest BCUT2D eigenvalue weighted by Gasteiger charge is 2.31. The van der Waals surface area contributed by atoms with Gasteiger partial charge >= 0.3 is 0 Å². The summed E-state index contributed by atoms with van der Waals surface area (Å²) in [6.45, 7) is 4.45. The van der Waals surface area contributed by atoms with Gasteiger partial charge in [-0.2, -0.15) is 0 Å². The van der Waals surface area contributed by atoms with Crippen LogP contribution in [0.3, 0.4) is 0 Å². The lowest BCUT2D eigenvalue weighted by atomic mass is 9.78. The van der Waals surface area contributed by atoms with Gasteiger partial charge in [0, 0.05) is 16.4 Å². The Hall–Kier alpha value is -0.0900. The van der Waals surface area contributed by atoms with Gasteiger partial charge in [-0.3, -0.25) is 0 Å². The number of aliphatic hydroxyl groups excluding tert-OH is 1. The number of rotatable bonds is 4. The van der Waals surface area contributed by atoms with Crippen LogP contribution < -0.4 is 5.73 Å². The molecule has 1 aromatic rings. The molecule has 3 N–H and O–H groups in total. The zero-order chi connectivity index (χ0) is 12.3. The molecule has 0 aliphatic carbocycles. The van der Waals surface area contributed by atoms with Crippen molar-refractivity contribution in [2.24, 2.45) is 11.1 Å². The van der Waals surface area contributed by atoms with E-state index >= 15 is 0 Å². The van der Waals surface area contributed by atoms with Gasteiger partial charge in [-0.1, -0.05) is 31.5 Å².